The fourth-order valence-corrected chi connectivity index (χ4v) is 8.48. The highest BCUT2D eigenvalue weighted by atomic mass is 14.7. The summed E-state index contributed by atoms with van der Waals surface area (Å²) in [5.74, 6) is 0. The van der Waals surface area contributed by atoms with E-state index in [0.717, 1.165) is 65.0 Å². The molecule has 0 N–H and O–H groups in total. The van der Waals surface area contributed by atoms with Crippen molar-refractivity contribution in [3.05, 3.63) is 247 Å². The standard InChI is InChI=1S/C59H45N3/c1-2-10-51-40-52(32-27-46(51)9-1)53-33-36-62-59(41-53)50-30-28-47(29-31-50)55-11-3-4-12-56(55)54-38-44(17-15-42-19-23-48(24-20-42)57-13-5-7-34-60-57)37-45(39-54)18-16-43-21-25-49(26-22-43)58-14-6-8-35-61-58/h1-14,19-41H,15-18H2. The molecule has 0 radical (unpaired) electrons. The van der Waals surface area contributed by atoms with Crippen molar-refractivity contribution in [2.45, 2.75) is 25.7 Å². The molecule has 62 heavy (non-hydrogen) atoms. The monoisotopic (exact) mass is 795 g/mol. The average molecular weight is 796 g/mol. The second-order valence-corrected chi connectivity index (χ2v) is 16.0. The van der Waals surface area contributed by atoms with Crippen molar-refractivity contribution in [2.24, 2.45) is 0 Å². The molecule has 0 atom stereocenters. The van der Waals surface area contributed by atoms with Crippen LogP contribution >= 0.6 is 0 Å². The summed E-state index contributed by atoms with van der Waals surface area (Å²) in [6.07, 6.45) is 9.43. The lowest BCUT2D eigenvalue weighted by Gasteiger charge is -2.15. The van der Waals surface area contributed by atoms with E-state index in [4.69, 9.17) is 4.98 Å². The second-order valence-electron chi connectivity index (χ2n) is 16.0. The lowest BCUT2D eigenvalue weighted by Crippen LogP contribution is -1.98. The van der Waals surface area contributed by atoms with Crippen molar-refractivity contribution in [3.8, 4) is 67.2 Å². The first-order valence-electron chi connectivity index (χ1n) is 21.5. The Morgan fingerprint density at radius 3 is 1.29 bits per heavy atom. The Balaban J connectivity index is 0.926. The average Bonchev–Trinajstić information content (AvgIpc) is 3.36. The summed E-state index contributed by atoms with van der Waals surface area (Å²) in [6.45, 7) is 0. The highest BCUT2D eigenvalue weighted by Crippen LogP contribution is 2.35. The molecule has 296 valence electrons. The van der Waals surface area contributed by atoms with Gasteiger partial charge in [0.15, 0.2) is 0 Å². The molecule has 3 heteroatoms. The van der Waals surface area contributed by atoms with Crippen LogP contribution < -0.4 is 0 Å². The van der Waals surface area contributed by atoms with Crippen molar-refractivity contribution in [2.75, 3.05) is 0 Å². The van der Waals surface area contributed by atoms with E-state index in [-0.39, 0.29) is 0 Å². The lowest BCUT2D eigenvalue weighted by molar-refractivity contribution is 0.931. The summed E-state index contributed by atoms with van der Waals surface area (Å²) >= 11 is 0. The van der Waals surface area contributed by atoms with Crippen LogP contribution in [0.15, 0.2) is 225 Å². The first-order chi connectivity index (χ1) is 30.7. The number of nitrogens with zero attached hydrogens (tertiary/aromatic N) is 3. The van der Waals surface area contributed by atoms with E-state index >= 15 is 0 Å². The Kier molecular flexibility index (Phi) is 11.1. The predicted octanol–water partition coefficient (Wildman–Crippen LogP) is 14.6. The zero-order valence-electron chi connectivity index (χ0n) is 34.5. The van der Waals surface area contributed by atoms with Crippen molar-refractivity contribution in [3.63, 3.8) is 0 Å². The van der Waals surface area contributed by atoms with Gasteiger partial charge in [0.2, 0.25) is 0 Å². The van der Waals surface area contributed by atoms with Crippen LogP contribution in [0.2, 0.25) is 0 Å². The molecule has 0 saturated carbocycles. The van der Waals surface area contributed by atoms with E-state index in [1.54, 1.807) is 0 Å². The highest BCUT2D eigenvalue weighted by Gasteiger charge is 2.12. The number of hydrogen-bond donors (Lipinski definition) is 0. The molecule has 3 aromatic heterocycles. The predicted molar refractivity (Wildman–Crippen MR) is 258 cm³/mol. The summed E-state index contributed by atoms with van der Waals surface area (Å²) < 4.78 is 0. The van der Waals surface area contributed by atoms with E-state index in [2.05, 4.69) is 192 Å². The molecule has 0 fully saturated rings. The third-order valence-electron chi connectivity index (χ3n) is 11.9. The summed E-state index contributed by atoms with van der Waals surface area (Å²) in [5.41, 5.74) is 18.9. The van der Waals surface area contributed by atoms with Gasteiger partial charge in [-0.25, -0.2) is 0 Å². The topological polar surface area (TPSA) is 38.7 Å². The zero-order chi connectivity index (χ0) is 41.5. The molecule has 0 aliphatic rings. The van der Waals surface area contributed by atoms with Gasteiger partial charge < -0.3 is 0 Å². The third kappa shape index (κ3) is 8.75. The number of rotatable bonds is 12. The minimum atomic E-state index is 0.949. The van der Waals surface area contributed by atoms with Crippen LogP contribution in [0.1, 0.15) is 22.3 Å². The minimum absolute atomic E-state index is 0.949. The molecule has 0 unspecified atom stereocenters. The zero-order valence-corrected chi connectivity index (χ0v) is 34.5. The maximum Gasteiger partial charge on any atom is 0.0708 e. The Morgan fingerprint density at radius 2 is 0.694 bits per heavy atom. The molecule has 0 aliphatic heterocycles. The number of pyridine rings is 3. The van der Waals surface area contributed by atoms with E-state index < -0.39 is 0 Å². The Hall–Kier alpha value is -7.75. The van der Waals surface area contributed by atoms with Crippen LogP contribution in [0.25, 0.3) is 77.9 Å². The Bertz CT molecular complexity index is 2980. The summed E-state index contributed by atoms with van der Waals surface area (Å²) in [5, 5.41) is 2.48. The largest absolute Gasteiger partial charge is 0.256 e. The molecule has 0 amide bonds. The van der Waals surface area contributed by atoms with Crippen LogP contribution in [-0.4, -0.2) is 15.0 Å². The SMILES string of the molecule is c1ccc(-c2ccc(CCc3cc(CCc4ccc(-c5ccccn5)cc4)cc(-c4ccccc4-c4ccc(-c5cc(-c6ccc7ccccc7c6)ccn5)cc4)c3)cc2)nc1. The van der Waals surface area contributed by atoms with E-state index in [1.807, 2.05) is 42.9 Å². The quantitative estimate of drug-likeness (QED) is 0.124. The number of aryl methyl sites for hydroxylation is 4. The molecule has 0 spiro atoms. The molecule has 0 bridgehead atoms. The molecular formula is C59H45N3. The van der Waals surface area contributed by atoms with Crippen LogP contribution in [0.4, 0.5) is 0 Å². The van der Waals surface area contributed by atoms with Crippen molar-refractivity contribution < 1.29 is 0 Å². The maximum atomic E-state index is 4.79. The third-order valence-corrected chi connectivity index (χ3v) is 11.9. The summed E-state index contributed by atoms with van der Waals surface area (Å²) in [7, 11) is 0. The molecule has 10 rings (SSSR count). The molecule has 3 heterocycles. The number of hydrogen-bond acceptors (Lipinski definition) is 3. The number of fused-ring (bicyclic) bond motifs is 1. The van der Waals surface area contributed by atoms with Crippen LogP contribution in [-0.2, 0) is 25.7 Å². The van der Waals surface area contributed by atoms with Crippen molar-refractivity contribution in [1.82, 2.24) is 15.0 Å². The van der Waals surface area contributed by atoms with Gasteiger partial charge in [-0.15, -0.1) is 0 Å². The molecule has 3 nitrogen and oxygen atoms in total. The molecule has 0 saturated heterocycles. The van der Waals surface area contributed by atoms with Crippen LogP contribution in [0.3, 0.4) is 0 Å². The highest BCUT2D eigenvalue weighted by molar-refractivity contribution is 5.88. The molecule has 10 aromatic rings. The maximum absolute atomic E-state index is 4.79. The van der Waals surface area contributed by atoms with Gasteiger partial charge in [0.25, 0.3) is 0 Å². The van der Waals surface area contributed by atoms with E-state index in [1.165, 1.54) is 60.8 Å². The van der Waals surface area contributed by atoms with Crippen LogP contribution in [0, 0.1) is 0 Å². The number of aromatic nitrogens is 3. The first-order valence-corrected chi connectivity index (χ1v) is 21.5. The number of benzene rings is 7. The van der Waals surface area contributed by atoms with Gasteiger partial charge in [0.1, 0.15) is 0 Å². The van der Waals surface area contributed by atoms with Gasteiger partial charge in [-0.1, -0.05) is 164 Å². The normalized spacial score (nSPS) is 11.2. The van der Waals surface area contributed by atoms with Crippen molar-refractivity contribution in [1.29, 1.82) is 0 Å². The van der Waals surface area contributed by atoms with Gasteiger partial charge >= 0.3 is 0 Å². The van der Waals surface area contributed by atoms with E-state index in [9.17, 15) is 0 Å². The molecule has 0 aliphatic carbocycles. The van der Waals surface area contributed by atoms with Gasteiger partial charge in [-0.05, 0) is 135 Å². The molecule has 7 aromatic carbocycles. The van der Waals surface area contributed by atoms with Gasteiger partial charge in [0, 0.05) is 35.3 Å². The minimum Gasteiger partial charge on any atom is -0.256 e. The van der Waals surface area contributed by atoms with Gasteiger partial charge in [-0.2, -0.15) is 0 Å². The first kappa shape index (κ1) is 38.5. The summed E-state index contributed by atoms with van der Waals surface area (Å²) in [6, 6.07) is 74.3. The smallest absolute Gasteiger partial charge is 0.0708 e. The van der Waals surface area contributed by atoms with Crippen LogP contribution in [0.5, 0.6) is 0 Å². The van der Waals surface area contributed by atoms with Crippen molar-refractivity contribution >= 4 is 10.8 Å². The van der Waals surface area contributed by atoms with Gasteiger partial charge in [-0.3, -0.25) is 15.0 Å². The Labute approximate surface area is 364 Å². The fraction of sp³-hybridized carbons (Fsp3) is 0.0678. The summed E-state index contributed by atoms with van der Waals surface area (Å²) in [4.78, 5) is 13.9. The Morgan fingerprint density at radius 1 is 0.242 bits per heavy atom. The van der Waals surface area contributed by atoms with Gasteiger partial charge in [0.05, 0.1) is 17.1 Å². The second kappa shape index (κ2) is 17.8. The lowest BCUT2D eigenvalue weighted by atomic mass is 9.90. The molecular weight excluding hydrogens is 751 g/mol. The fourth-order valence-electron chi connectivity index (χ4n) is 8.48. The van der Waals surface area contributed by atoms with E-state index in [0.29, 0.717) is 0 Å².